The van der Waals surface area contributed by atoms with Gasteiger partial charge in [0.15, 0.2) is 6.10 Å². The van der Waals surface area contributed by atoms with Crippen LogP contribution in [0.1, 0.15) is 17.2 Å². The maximum absolute atomic E-state index is 13.6. The van der Waals surface area contributed by atoms with Gasteiger partial charge in [0.1, 0.15) is 11.7 Å². The van der Waals surface area contributed by atoms with Crippen molar-refractivity contribution in [2.45, 2.75) is 19.1 Å². The Morgan fingerprint density at radius 1 is 0.839 bits per heavy atom. The zero-order valence-electron chi connectivity index (χ0n) is 17.3. The number of anilines is 2. The predicted molar refractivity (Wildman–Crippen MR) is 117 cm³/mol. The Balaban J connectivity index is 1.62. The first-order valence-electron chi connectivity index (χ1n) is 10.2. The Kier molecular flexibility index (Phi) is 4.71. The average molecular weight is 414 g/mol. The molecule has 31 heavy (non-hydrogen) atoms. The van der Waals surface area contributed by atoms with Crippen LogP contribution >= 0.6 is 0 Å². The molecule has 0 aliphatic carbocycles. The Hall–Kier alpha value is -3.64. The fraction of sp³-hybridized carbons (Fsp3) is 0.200. The molecule has 3 aromatic rings. The molecule has 0 radical (unpaired) electrons. The largest absolute Gasteiger partial charge is 0.496 e. The van der Waals surface area contributed by atoms with Gasteiger partial charge in [0.25, 0.3) is 5.91 Å². The minimum Gasteiger partial charge on any atom is -0.496 e. The van der Waals surface area contributed by atoms with Gasteiger partial charge in [-0.3, -0.25) is 14.4 Å². The van der Waals surface area contributed by atoms with Crippen molar-refractivity contribution in [3.05, 3.63) is 90.0 Å². The van der Waals surface area contributed by atoms with Crippen molar-refractivity contribution < 1.29 is 19.2 Å². The second-order valence-corrected chi connectivity index (χ2v) is 7.75. The summed E-state index contributed by atoms with van der Waals surface area (Å²) in [5.74, 6) is -0.662. The summed E-state index contributed by atoms with van der Waals surface area (Å²) in [6.45, 7) is 1.93. The Bertz CT molecular complexity index is 1150. The lowest BCUT2D eigenvalue weighted by molar-refractivity contribution is -0.126. The van der Waals surface area contributed by atoms with Gasteiger partial charge in [0.2, 0.25) is 5.91 Å². The molecule has 0 saturated carbocycles. The number of imide groups is 1. The van der Waals surface area contributed by atoms with E-state index in [0.29, 0.717) is 11.4 Å². The van der Waals surface area contributed by atoms with Crippen LogP contribution in [-0.2, 0) is 14.4 Å². The van der Waals surface area contributed by atoms with Crippen LogP contribution in [0.25, 0.3) is 0 Å². The SMILES string of the molecule is COc1ccccc1[C@H]1[C@@H]2C(=O)N(c3cccc(C)c3)C(=O)[C@@H]2ON1c1ccccc1. The van der Waals surface area contributed by atoms with E-state index >= 15 is 0 Å². The number of amides is 2. The van der Waals surface area contributed by atoms with Gasteiger partial charge in [0, 0.05) is 5.56 Å². The van der Waals surface area contributed by atoms with Gasteiger partial charge >= 0.3 is 0 Å². The highest BCUT2D eigenvalue weighted by molar-refractivity contribution is 6.24. The van der Waals surface area contributed by atoms with Gasteiger partial charge in [-0.1, -0.05) is 48.5 Å². The molecule has 0 aromatic heterocycles. The minimum atomic E-state index is -0.900. The molecule has 3 aromatic carbocycles. The number of hydrogen-bond donors (Lipinski definition) is 0. The molecular formula is C25H22N2O4. The van der Waals surface area contributed by atoms with Gasteiger partial charge in [-0.2, -0.15) is 0 Å². The Morgan fingerprint density at radius 2 is 1.55 bits per heavy atom. The van der Waals surface area contributed by atoms with E-state index < -0.39 is 18.1 Å². The first-order valence-corrected chi connectivity index (χ1v) is 10.2. The maximum Gasteiger partial charge on any atom is 0.266 e. The lowest BCUT2D eigenvalue weighted by Crippen LogP contribution is -2.37. The van der Waals surface area contributed by atoms with E-state index in [1.165, 1.54) is 4.90 Å². The molecule has 2 aliphatic heterocycles. The van der Waals surface area contributed by atoms with Crippen LogP contribution < -0.4 is 14.7 Å². The molecule has 3 atom stereocenters. The summed E-state index contributed by atoms with van der Waals surface area (Å²) in [6, 6.07) is 23.9. The second kappa shape index (κ2) is 7.56. The summed E-state index contributed by atoms with van der Waals surface area (Å²) in [5.41, 5.74) is 3.12. The molecule has 2 amide bonds. The van der Waals surface area contributed by atoms with Crippen molar-refractivity contribution in [1.29, 1.82) is 0 Å². The molecule has 0 bridgehead atoms. The molecule has 0 N–H and O–H groups in total. The van der Waals surface area contributed by atoms with E-state index in [2.05, 4.69) is 0 Å². The summed E-state index contributed by atoms with van der Waals surface area (Å²) in [7, 11) is 1.60. The van der Waals surface area contributed by atoms with Gasteiger partial charge < -0.3 is 4.74 Å². The number of methoxy groups -OCH3 is 1. The van der Waals surface area contributed by atoms with E-state index in [1.54, 1.807) is 18.2 Å². The number of ether oxygens (including phenoxy) is 1. The van der Waals surface area contributed by atoms with Crippen LogP contribution in [0.5, 0.6) is 5.75 Å². The standard InChI is InChI=1S/C25H22N2O4/c1-16-9-8-12-18(15-16)26-24(28)21-22(19-13-6-7-14-20(19)30-2)27(31-23(21)25(26)29)17-10-4-3-5-11-17/h3-15,21-23H,1-2H3/t21-,22-,23+/m0/s1. The van der Waals surface area contributed by atoms with E-state index in [-0.39, 0.29) is 11.8 Å². The lowest BCUT2D eigenvalue weighted by Gasteiger charge is -2.29. The van der Waals surface area contributed by atoms with Crippen molar-refractivity contribution in [3.63, 3.8) is 0 Å². The molecule has 2 saturated heterocycles. The highest BCUT2D eigenvalue weighted by Crippen LogP contribution is 2.49. The quantitative estimate of drug-likeness (QED) is 0.603. The fourth-order valence-electron chi connectivity index (χ4n) is 4.46. The van der Waals surface area contributed by atoms with E-state index in [1.807, 2.05) is 79.7 Å². The third-order valence-corrected chi connectivity index (χ3v) is 5.84. The first kappa shape index (κ1) is 19.3. The van der Waals surface area contributed by atoms with E-state index in [9.17, 15) is 9.59 Å². The average Bonchev–Trinajstić information content (AvgIpc) is 3.30. The molecule has 0 spiro atoms. The normalized spacial score (nSPS) is 22.7. The second-order valence-electron chi connectivity index (χ2n) is 7.75. The highest BCUT2D eigenvalue weighted by Gasteiger charge is 2.60. The number of aryl methyl sites for hydroxylation is 1. The van der Waals surface area contributed by atoms with Gasteiger partial charge in [-0.15, -0.1) is 0 Å². The van der Waals surface area contributed by atoms with Gasteiger partial charge in [-0.25, -0.2) is 9.96 Å². The van der Waals surface area contributed by atoms with Crippen LogP contribution in [-0.4, -0.2) is 25.0 Å². The van der Waals surface area contributed by atoms with Crippen molar-refractivity contribution in [2.75, 3.05) is 17.1 Å². The van der Waals surface area contributed by atoms with Crippen LogP contribution in [0.4, 0.5) is 11.4 Å². The molecule has 5 rings (SSSR count). The first-order chi connectivity index (χ1) is 15.1. The molecule has 6 heteroatoms. The summed E-state index contributed by atoms with van der Waals surface area (Å²) >= 11 is 0. The summed E-state index contributed by atoms with van der Waals surface area (Å²) < 4.78 is 5.59. The number of benzene rings is 3. The summed E-state index contributed by atoms with van der Waals surface area (Å²) in [4.78, 5) is 34.4. The maximum atomic E-state index is 13.6. The van der Waals surface area contributed by atoms with Crippen molar-refractivity contribution >= 4 is 23.2 Å². The number of fused-ring (bicyclic) bond motifs is 1. The zero-order chi connectivity index (χ0) is 21.5. The minimum absolute atomic E-state index is 0.269. The fourth-order valence-corrected chi connectivity index (χ4v) is 4.46. The number of rotatable bonds is 4. The molecule has 6 nitrogen and oxygen atoms in total. The van der Waals surface area contributed by atoms with Crippen LogP contribution in [0.2, 0.25) is 0 Å². The van der Waals surface area contributed by atoms with E-state index in [4.69, 9.17) is 9.57 Å². The third-order valence-electron chi connectivity index (χ3n) is 5.84. The molecule has 2 fully saturated rings. The third kappa shape index (κ3) is 3.07. The van der Waals surface area contributed by atoms with Crippen molar-refractivity contribution in [1.82, 2.24) is 0 Å². The molecule has 2 heterocycles. The Morgan fingerprint density at radius 3 is 2.29 bits per heavy atom. The zero-order valence-corrected chi connectivity index (χ0v) is 17.3. The van der Waals surface area contributed by atoms with Crippen LogP contribution in [0.15, 0.2) is 78.9 Å². The Labute approximate surface area is 180 Å². The number of carbonyl (C=O) groups excluding carboxylic acids is 2. The molecule has 0 unspecified atom stereocenters. The van der Waals surface area contributed by atoms with Crippen LogP contribution in [0, 0.1) is 12.8 Å². The van der Waals surface area contributed by atoms with Crippen LogP contribution in [0.3, 0.4) is 0 Å². The van der Waals surface area contributed by atoms with Crippen molar-refractivity contribution in [2.24, 2.45) is 5.92 Å². The van der Waals surface area contributed by atoms with Gasteiger partial charge in [0.05, 0.1) is 24.5 Å². The van der Waals surface area contributed by atoms with Crippen molar-refractivity contribution in [3.8, 4) is 5.75 Å². The number of para-hydroxylation sites is 2. The number of hydroxylamine groups is 1. The topological polar surface area (TPSA) is 59.1 Å². The molecule has 156 valence electrons. The highest BCUT2D eigenvalue weighted by atomic mass is 16.7. The monoisotopic (exact) mass is 414 g/mol. The number of nitrogens with zero attached hydrogens (tertiary/aromatic N) is 2. The van der Waals surface area contributed by atoms with Gasteiger partial charge in [-0.05, 0) is 42.8 Å². The number of carbonyl (C=O) groups is 2. The smallest absolute Gasteiger partial charge is 0.266 e. The summed E-state index contributed by atoms with van der Waals surface area (Å²) in [5, 5.41) is 1.68. The summed E-state index contributed by atoms with van der Waals surface area (Å²) in [6.07, 6.45) is -0.900. The lowest BCUT2D eigenvalue weighted by atomic mass is 9.90. The molecule has 2 aliphatic rings. The predicted octanol–water partition coefficient (Wildman–Crippen LogP) is 4.05. The number of hydrogen-bond acceptors (Lipinski definition) is 5. The molecular weight excluding hydrogens is 392 g/mol. The van der Waals surface area contributed by atoms with E-state index in [0.717, 1.165) is 16.8 Å².